The Morgan fingerprint density at radius 3 is 2.68 bits per heavy atom. The van der Waals surface area contributed by atoms with Crippen LogP contribution in [0.3, 0.4) is 0 Å². The number of rotatable bonds is 6. The third kappa shape index (κ3) is 4.89. The summed E-state index contributed by atoms with van der Waals surface area (Å²) in [6.07, 6.45) is 3.08. The molecule has 0 aliphatic carbocycles. The standard InChI is InChI=1S/C13H19FN2O2S/c14-12-5-3-11(4-6-12)10-19(17,18)16-9-7-13-2-1-8-15-13/h3-6,13,15-16H,1-2,7-10H2/t13-/m0/s1. The van der Waals surface area contributed by atoms with Crippen LogP contribution < -0.4 is 10.0 Å². The van der Waals surface area contributed by atoms with Gasteiger partial charge in [-0.15, -0.1) is 0 Å². The Labute approximate surface area is 113 Å². The number of hydrogen-bond acceptors (Lipinski definition) is 3. The predicted octanol–water partition coefficient (Wildman–Crippen LogP) is 1.39. The molecule has 0 spiro atoms. The predicted molar refractivity (Wildman–Crippen MR) is 72.7 cm³/mol. The minimum absolute atomic E-state index is 0.106. The van der Waals surface area contributed by atoms with Crippen molar-refractivity contribution < 1.29 is 12.8 Å². The van der Waals surface area contributed by atoms with Crippen LogP contribution in [0.2, 0.25) is 0 Å². The summed E-state index contributed by atoms with van der Waals surface area (Å²) >= 11 is 0. The van der Waals surface area contributed by atoms with Crippen LogP contribution in [0.5, 0.6) is 0 Å². The van der Waals surface area contributed by atoms with E-state index in [-0.39, 0.29) is 11.6 Å². The van der Waals surface area contributed by atoms with E-state index in [1.165, 1.54) is 24.3 Å². The van der Waals surface area contributed by atoms with Gasteiger partial charge in [0.15, 0.2) is 0 Å². The molecule has 1 aliphatic heterocycles. The van der Waals surface area contributed by atoms with Gasteiger partial charge in [0.05, 0.1) is 5.75 Å². The van der Waals surface area contributed by atoms with Gasteiger partial charge in [0, 0.05) is 12.6 Å². The molecule has 1 atom stereocenters. The van der Waals surface area contributed by atoms with Crippen molar-refractivity contribution >= 4 is 10.0 Å². The Morgan fingerprint density at radius 2 is 2.05 bits per heavy atom. The minimum atomic E-state index is -3.34. The molecule has 0 amide bonds. The lowest BCUT2D eigenvalue weighted by Gasteiger charge is -2.11. The Bertz CT molecular complexity index is 496. The maximum atomic E-state index is 12.7. The Morgan fingerprint density at radius 1 is 1.32 bits per heavy atom. The smallest absolute Gasteiger partial charge is 0.215 e. The fraction of sp³-hybridized carbons (Fsp3) is 0.538. The van der Waals surface area contributed by atoms with E-state index in [1.807, 2.05) is 0 Å². The fourth-order valence-corrected chi connectivity index (χ4v) is 3.41. The lowest BCUT2D eigenvalue weighted by Crippen LogP contribution is -2.31. The summed E-state index contributed by atoms with van der Waals surface area (Å²) in [4.78, 5) is 0. The van der Waals surface area contributed by atoms with Crippen LogP contribution in [-0.4, -0.2) is 27.5 Å². The molecule has 1 aromatic carbocycles. The molecule has 1 fully saturated rings. The van der Waals surface area contributed by atoms with Crippen LogP contribution in [0.1, 0.15) is 24.8 Å². The van der Waals surface area contributed by atoms with E-state index in [9.17, 15) is 12.8 Å². The van der Waals surface area contributed by atoms with Gasteiger partial charge >= 0.3 is 0 Å². The first kappa shape index (κ1) is 14.4. The van der Waals surface area contributed by atoms with E-state index in [1.54, 1.807) is 0 Å². The van der Waals surface area contributed by atoms with Crippen LogP contribution in [0.25, 0.3) is 0 Å². The van der Waals surface area contributed by atoms with E-state index in [4.69, 9.17) is 0 Å². The van der Waals surface area contributed by atoms with Crippen molar-refractivity contribution in [2.45, 2.75) is 31.1 Å². The molecule has 6 heteroatoms. The van der Waals surface area contributed by atoms with Crippen molar-refractivity contribution in [1.29, 1.82) is 0 Å². The maximum Gasteiger partial charge on any atom is 0.215 e. The van der Waals surface area contributed by atoms with Crippen LogP contribution in [0.4, 0.5) is 4.39 Å². The topological polar surface area (TPSA) is 58.2 Å². The molecule has 106 valence electrons. The van der Waals surface area contributed by atoms with Crippen molar-refractivity contribution in [1.82, 2.24) is 10.0 Å². The van der Waals surface area contributed by atoms with Crippen molar-refractivity contribution in [2.24, 2.45) is 0 Å². The molecule has 0 aromatic heterocycles. The summed E-state index contributed by atoms with van der Waals surface area (Å²) < 4.78 is 39.0. The SMILES string of the molecule is O=S(=O)(Cc1ccc(F)cc1)NCC[C@@H]1CCCN1. The van der Waals surface area contributed by atoms with E-state index >= 15 is 0 Å². The summed E-state index contributed by atoms with van der Waals surface area (Å²) in [7, 11) is -3.34. The van der Waals surface area contributed by atoms with Crippen LogP contribution in [-0.2, 0) is 15.8 Å². The van der Waals surface area contributed by atoms with Gasteiger partial charge in [0.25, 0.3) is 0 Å². The Hall–Kier alpha value is -0.980. The summed E-state index contributed by atoms with van der Waals surface area (Å²) in [6.45, 7) is 1.47. The van der Waals surface area contributed by atoms with Gasteiger partial charge in [-0.2, -0.15) is 0 Å². The second-order valence-electron chi connectivity index (χ2n) is 4.86. The van der Waals surface area contributed by atoms with E-state index in [2.05, 4.69) is 10.0 Å². The van der Waals surface area contributed by atoms with Gasteiger partial charge in [-0.05, 0) is 43.5 Å². The Kier molecular flexibility index (Phi) is 4.90. The quantitative estimate of drug-likeness (QED) is 0.831. The van der Waals surface area contributed by atoms with Gasteiger partial charge in [-0.1, -0.05) is 12.1 Å². The zero-order valence-electron chi connectivity index (χ0n) is 10.7. The molecule has 0 bridgehead atoms. The van der Waals surface area contributed by atoms with Crippen LogP contribution in [0, 0.1) is 5.82 Å². The maximum absolute atomic E-state index is 12.7. The summed E-state index contributed by atoms with van der Waals surface area (Å²) in [6, 6.07) is 5.95. The lowest BCUT2D eigenvalue weighted by molar-refractivity contribution is 0.539. The van der Waals surface area contributed by atoms with Gasteiger partial charge < -0.3 is 5.32 Å². The summed E-state index contributed by atoms with van der Waals surface area (Å²) in [5.41, 5.74) is 0.591. The Balaban J connectivity index is 1.79. The zero-order chi connectivity index (χ0) is 13.7. The highest BCUT2D eigenvalue weighted by Crippen LogP contribution is 2.09. The van der Waals surface area contributed by atoms with Crippen molar-refractivity contribution in [3.63, 3.8) is 0 Å². The number of halogens is 1. The molecule has 0 saturated carbocycles. The van der Waals surface area contributed by atoms with Crippen molar-refractivity contribution in [3.8, 4) is 0 Å². The van der Waals surface area contributed by atoms with Gasteiger partial charge in [0.1, 0.15) is 5.82 Å². The van der Waals surface area contributed by atoms with E-state index in [0.29, 0.717) is 18.2 Å². The lowest BCUT2D eigenvalue weighted by atomic mass is 10.2. The average Bonchev–Trinajstić information content (AvgIpc) is 2.85. The number of benzene rings is 1. The van der Waals surface area contributed by atoms with Gasteiger partial charge in [-0.25, -0.2) is 17.5 Å². The second kappa shape index (κ2) is 6.45. The number of nitrogens with one attached hydrogen (secondary N) is 2. The molecule has 1 saturated heterocycles. The highest BCUT2D eigenvalue weighted by atomic mass is 32.2. The molecule has 0 radical (unpaired) electrons. The zero-order valence-corrected chi connectivity index (χ0v) is 11.5. The first-order chi connectivity index (χ1) is 9.05. The third-order valence-corrected chi connectivity index (χ3v) is 4.60. The first-order valence-corrected chi connectivity index (χ1v) is 8.15. The third-order valence-electron chi connectivity index (χ3n) is 3.25. The van der Waals surface area contributed by atoms with Crippen LogP contribution in [0.15, 0.2) is 24.3 Å². The average molecular weight is 286 g/mol. The largest absolute Gasteiger partial charge is 0.314 e. The van der Waals surface area contributed by atoms with Gasteiger partial charge in [-0.3, -0.25) is 0 Å². The molecule has 1 aliphatic rings. The monoisotopic (exact) mass is 286 g/mol. The fourth-order valence-electron chi connectivity index (χ4n) is 2.24. The first-order valence-electron chi connectivity index (χ1n) is 6.50. The molecular formula is C13H19FN2O2S. The molecule has 4 nitrogen and oxygen atoms in total. The molecule has 0 unspecified atom stereocenters. The highest BCUT2D eigenvalue weighted by molar-refractivity contribution is 7.88. The summed E-state index contributed by atoms with van der Waals surface area (Å²) in [5, 5.41) is 3.32. The summed E-state index contributed by atoms with van der Waals surface area (Å²) in [5.74, 6) is -0.466. The molecule has 2 N–H and O–H groups in total. The van der Waals surface area contributed by atoms with E-state index in [0.717, 1.165) is 25.8 Å². The number of sulfonamides is 1. The minimum Gasteiger partial charge on any atom is -0.314 e. The molecule has 2 rings (SSSR count). The van der Waals surface area contributed by atoms with Crippen LogP contribution >= 0.6 is 0 Å². The number of hydrogen-bond donors (Lipinski definition) is 2. The molecule has 1 aromatic rings. The molecule has 19 heavy (non-hydrogen) atoms. The van der Waals surface area contributed by atoms with Crippen molar-refractivity contribution in [3.05, 3.63) is 35.6 Å². The molecular weight excluding hydrogens is 267 g/mol. The van der Waals surface area contributed by atoms with Crippen molar-refractivity contribution in [2.75, 3.05) is 13.1 Å². The molecule has 1 heterocycles. The highest BCUT2D eigenvalue weighted by Gasteiger charge is 2.16. The van der Waals surface area contributed by atoms with E-state index < -0.39 is 10.0 Å². The van der Waals surface area contributed by atoms with Gasteiger partial charge in [0.2, 0.25) is 10.0 Å². The second-order valence-corrected chi connectivity index (χ2v) is 6.67. The normalized spacial score (nSPS) is 19.7.